The number of nitriles is 1. The number of nitrogens with one attached hydrogen (secondary N) is 2. The molecule has 13 heteroatoms. The fourth-order valence-electron chi connectivity index (χ4n) is 3.09. The van der Waals surface area contributed by atoms with E-state index in [1.807, 2.05) is 0 Å². The van der Waals surface area contributed by atoms with Gasteiger partial charge in [0.15, 0.2) is 5.75 Å². The van der Waals surface area contributed by atoms with Gasteiger partial charge in [0.2, 0.25) is 5.91 Å². The van der Waals surface area contributed by atoms with E-state index in [4.69, 9.17) is 4.18 Å². The van der Waals surface area contributed by atoms with Crippen LogP contribution in [0.5, 0.6) is 5.75 Å². The van der Waals surface area contributed by atoms with Crippen LogP contribution in [0.3, 0.4) is 0 Å². The van der Waals surface area contributed by atoms with Gasteiger partial charge in [0.05, 0.1) is 15.7 Å². The highest BCUT2D eigenvalue weighted by Crippen LogP contribution is 2.35. The quantitative estimate of drug-likeness (QED) is 0.200. The van der Waals surface area contributed by atoms with Crippen LogP contribution in [0, 0.1) is 11.3 Å². The van der Waals surface area contributed by atoms with Crippen LogP contribution < -0.4 is 14.8 Å². The van der Waals surface area contributed by atoms with E-state index >= 15 is 0 Å². The normalized spacial score (nSPS) is 11.8. The Bertz CT molecular complexity index is 1560. The van der Waals surface area contributed by atoms with Crippen LogP contribution in [-0.4, -0.2) is 20.2 Å². The van der Waals surface area contributed by atoms with E-state index in [2.05, 4.69) is 26.6 Å². The van der Waals surface area contributed by atoms with Crippen LogP contribution in [0.2, 0.25) is 0 Å². The summed E-state index contributed by atoms with van der Waals surface area (Å²) >= 11 is 3.17. The molecular formula is C25H17BrF3N3O5S. The minimum absolute atomic E-state index is 0.102. The molecule has 0 saturated heterocycles. The second-order valence-electron chi connectivity index (χ2n) is 7.60. The van der Waals surface area contributed by atoms with Crippen LogP contribution in [0.15, 0.2) is 81.7 Å². The molecule has 3 aromatic rings. The number of anilines is 2. The van der Waals surface area contributed by atoms with E-state index in [1.165, 1.54) is 61.5 Å². The Morgan fingerprint density at radius 3 is 2.26 bits per heavy atom. The molecule has 2 N–H and O–H groups in total. The van der Waals surface area contributed by atoms with Gasteiger partial charge in [0.1, 0.15) is 16.5 Å². The minimum atomic E-state index is -4.71. The molecule has 0 fully saturated rings. The van der Waals surface area contributed by atoms with Crippen LogP contribution in [0.25, 0.3) is 6.08 Å². The molecular weight excluding hydrogens is 591 g/mol. The van der Waals surface area contributed by atoms with Crippen molar-refractivity contribution in [1.82, 2.24) is 0 Å². The molecule has 0 spiro atoms. The topological polar surface area (TPSA) is 125 Å². The molecule has 0 aromatic heterocycles. The first-order valence-corrected chi connectivity index (χ1v) is 12.7. The summed E-state index contributed by atoms with van der Waals surface area (Å²) in [5.41, 5.74) is -1.41. The summed E-state index contributed by atoms with van der Waals surface area (Å²) in [6.45, 7) is 1.31. The average molecular weight is 608 g/mol. The van der Waals surface area contributed by atoms with Gasteiger partial charge in [0.25, 0.3) is 5.91 Å². The Morgan fingerprint density at radius 2 is 1.68 bits per heavy atom. The van der Waals surface area contributed by atoms with E-state index in [9.17, 15) is 36.4 Å². The molecule has 3 aromatic carbocycles. The molecule has 0 bridgehead atoms. The molecule has 38 heavy (non-hydrogen) atoms. The highest BCUT2D eigenvalue weighted by molar-refractivity contribution is 9.10. The predicted octanol–water partition coefficient (Wildman–Crippen LogP) is 5.74. The highest BCUT2D eigenvalue weighted by atomic mass is 79.9. The smallest absolute Gasteiger partial charge is 0.378 e. The van der Waals surface area contributed by atoms with Crippen molar-refractivity contribution in [1.29, 1.82) is 5.26 Å². The van der Waals surface area contributed by atoms with E-state index in [0.29, 0.717) is 5.69 Å². The SMILES string of the molecule is CC(=O)Nc1ccc(S(=O)(=O)Oc2ccc(/C=C(\C#N)C(=O)Nc3ccccc3C(F)(F)F)cc2Br)cc1. The molecule has 196 valence electrons. The lowest BCUT2D eigenvalue weighted by Gasteiger charge is -2.13. The zero-order chi connectivity index (χ0) is 28.1. The first-order chi connectivity index (χ1) is 17.8. The lowest BCUT2D eigenvalue weighted by molar-refractivity contribution is -0.137. The molecule has 0 heterocycles. The standard InChI is InChI=1S/C25H17BrF3N3O5S/c1-15(33)31-18-7-9-19(10-8-18)38(35,36)37-23-11-6-16(13-21(23)26)12-17(14-30)24(34)32-22-5-3-2-4-20(22)25(27,28)29/h2-13H,1H3,(H,31,33)(H,32,34)/b17-12+. The molecule has 0 atom stereocenters. The average Bonchev–Trinajstić information content (AvgIpc) is 2.83. The summed E-state index contributed by atoms with van der Waals surface area (Å²) in [4.78, 5) is 23.4. The Kier molecular flexibility index (Phi) is 8.60. The second kappa shape index (κ2) is 11.5. The van der Waals surface area contributed by atoms with Gasteiger partial charge in [-0.3, -0.25) is 9.59 Å². The molecule has 0 unspecified atom stereocenters. The number of nitrogens with zero attached hydrogens (tertiary/aromatic N) is 1. The van der Waals surface area contributed by atoms with E-state index in [0.717, 1.165) is 18.2 Å². The zero-order valence-corrected chi connectivity index (χ0v) is 21.7. The van der Waals surface area contributed by atoms with Crippen molar-refractivity contribution in [2.45, 2.75) is 18.0 Å². The van der Waals surface area contributed by atoms with Gasteiger partial charge in [-0.25, -0.2) is 0 Å². The van der Waals surface area contributed by atoms with Gasteiger partial charge in [-0.2, -0.15) is 26.9 Å². The monoisotopic (exact) mass is 607 g/mol. The van der Waals surface area contributed by atoms with Crippen molar-refractivity contribution < 1.29 is 35.4 Å². The summed E-state index contributed by atoms with van der Waals surface area (Å²) in [6.07, 6.45) is -3.59. The number of benzene rings is 3. The maximum absolute atomic E-state index is 13.2. The molecule has 0 aliphatic rings. The van der Waals surface area contributed by atoms with Crippen LogP contribution in [-0.2, 0) is 25.9 Å². The number of amides is 2. The Balaban J connectivity index is 1.79. The molecule has 0 saturated carbocycles. The van der Waals surface area contributed by atoms with Crippen molar-refractivity contribution >= 4 is 55.3 Å². The number of hydrogen-bond acceptors (Lipinski definition) is 6. The van der Waals surface area contributed by atoms with Crippen LogP contribution in [0.4, 0.5) is 24.5 Å². The number of halogens is 4. The van der Waals surface area contributed by atoms with Crippen molar-refractivity contribution in [3.8, 4) is 11.8 Å². The molecule has 0 aliphatic heterocycles. The minimum Gasteiger partial charge on any atom is -0.378 e. The third-order valence-electron chi connectivity index (χ3n) is 4.78. The van der Waals surface area contributed by atoms with Gasteiger partial charge in [0, 0.05) is 12.6 Å². The first kappa shape index (κ1) is 28.4. The lowest BCUT2D eigenvalue weighted by atomic mass is 10.1. The van der Waals surface area contributed by atoms with Crippen molar-refractivity contribution in [3.05, 3.63) is 87.9 Å². The number of carbonyl (C=O) groups excluding carboxylic acids is 2. The van der Waals surface area contributed by atoms with E-state index < -0.39 is 39.0 Å². The Labute approximate surface area is 224 Å². The summed E-state index contributed by atoms with van der Waals surface area (Å²) in [5.74, 6) is -1.49. The van der Waals surface area contributed by atoms with Crippen LogP contribution >= 0.6 is 15.9 Å². The van der Waals surface area contributed by atoms with Gasteiger partial charge >= 0.3 is 16.3 Å². The lowest BCUT2D eigenvalue weighted by Crippen LogP contribution is -2.17. The van der Waals surface area contributed by atoms with E-state index in [1.54, 1.807) is 6.07 Å². The molecule has 0 aliphatic carbocycles. The van der Waals surface area contributed by atoms with Gasteiger partial charge in [-0.05, 0) is 76.1 Å². The van der Waals surface area contributed by atoms with Gasteiger partial charge in [-0.1, -0.05) is 18.2 Å². The third kappa shape index (κ3) is 7.21. The summed E-state index contributed by atoms with van der Waals surface area (Å²) in [6, 6.07) is 15.2. The predicted molar refractivity (Wildman–Crippen MR) is 136 cm³/mol. The largest absolute Gasteiger partial charge is 0.418 e. The Hall–Kier alpha value is -4.15. The fraction of sp³-hybridized carbons (Fsp3) is 0.0800. The van der Waals surface area contributed by atoms with Crippen molar-refractivity contribution in [2.24, 2.45) is 0 Å². The van der Waals surface area contributed by atoms with Crippen molar-refractivity contribution in [3.63, 3.8) is 0 Å². The number of para-hydroxylation sites is 1. The molecule has 2 amide bonds. The first-order valence-electron chi connectivity index (χ1n) is 10.5. The van der Waals surface area contributed by atoms with Crippen molar-refractivity contribution in [2.75, 3.05) is 10.6 Å². The van der Waals surface area contributed by atoms with Gasteiger partial charge in [-0.15, -0.1) is 0 Å². The number of hydrogen-bond donors (Lipinski definition) is 2. The summed E-state index contributed by atoms with van der Waals surface area (Å²) < 4.78 is 70.2. The number of rotatable bonds is 7. The number of carbonyl (C=O) groups is 2. The molecule has 3 rings (SSSR count). The maximum atomic E-state index is 13.2. The maximum Gasteiger partial charge on any atom is 0.418 e. The van der Waals surface area contributed by atoms with Gasteiger partial charge < -0.3 is 14.8 Å². The second-order valence-corrected chi connectivity index (χ2v) is 10.0. The summed E-state index contributed by atoms with van der Waals surface area (Å²) in [5, 5.41) is 14.0. The highest BCUT2D eigenvalue weighted by Gasteiger charge is 2.33. The third-order valence-corrected chi connectivity index (χ3v) is 6.64. The molecule has 8 nitrogen and oxygen atoms in total. The summed E-state index contributed by atoms with van der Waals surface area (Å²) in [7, 11) is -4.25. The van der Waals surface area contributed by atoms with Crippen LogP contribution in [0.1, 0.15) is 18.1 Å². The fourth-order valence-corrected chi connectivity index (χ4v) is 4.63. The Morgan fingerprint density at radius 1 is 1.03 bits per heavy atom. The molecule has 0 radical (unpaired) electrons. The number of alkyl halides is 3. The van der Waals surface area contributed by atoms with E-state index in [-0.39, 0.29) is 26.6 Å². The zero-order valence-electron chi connectivity index (χ0n) is 19.3.